The van der Waals surface area contributed by atoms with Crippen LogP contribution >= 0.6 is 0 Å². The van der Waals surface area contributed by atoms with E-state index >= 15 is 0 Å². The van der Waals surface area contributed by atoms with Crippen LogP contribution in [0, 0.1) is 35.5 Å². The molecule has 30 atom stereocenters. The number of ether oxygens (including phenoxy) is 18. The molecule has 3 aromatic rings. The fourth-order valence-corrected chi connectivity index (χ4v) is 15.7. The number of carbonyl (C=O) groups is 5. The molecule has 1 amide bonds. The average Bonchev–Trinajstić information content (AvgIpc) is 0.767. The van der Waals surface area contributed by atoms with Crippen LogP contribution in [-0.4, -0.2) is 208 Å². The highest BCUT2D eigenvalue weighted by Gasteiger charge is 2.58. The van der Waals surface area contributed by atoms with Crippen molar-refractivity contribution in [1.29, 1.82) is 0 Å². The highest BCUT2D eigenvalue weighted by molar-refractivity contribution is 5.68. The van der Waals surface area contributed by atoms with Crippen LogP contribution in [0.25, 0.3) is 31.3 Å². The SMILES string of the molecule is CCC1O[C@H](O[C@H]2C(C)C(OC(C)=O)[C@H](O[C@H]3C(C)C(N=[N+]=[N-])[C@@H](OCCCCCN(Cc4ccccc4)C(=O)OCc4ccccc4)O[C@H]3CC)O[C@H]2C)C(N=[N+]=[N-])[C@@H](C)[C@@H]1O[C@@H]1OC(C)[C@@H](O[C@H]2O[C@@H](CC)[C@@H](O[C@@H]3O[C@@H](OC(C)=O)[C@@H](C)C(C)C3OC(C)=O)C(C)C2N=[N+]=[N-])[C@@H](OCc2ccccc2)C1OC(C)=O.O=C=O.O=C=O. The smallest absolute Gasteiger partial charge is 0.410 e. The number of rotatable bonds is 34. The number of hydrogen-bond acceptors (Lipinski definition) is 30. The molecule has 0 N–H and O–H groups in total. The fraction of sp³-hybridized carbons (Fsp3) is 0.691. The maximum Gasteiger partial charge on any atom is 0.410 e. The van der Waals surface area contributed by atoms with Gasteiger partial charge in [-0.3, -0.25) is 19.2 Å². The molecule has 3 aromatic carbocycles. The molecule has 0 aliphatic carbocycles. The summed E-state index contributed by atoms with van der Waals surface area (Å²) in [4.78, 5) is 109. The van der Waals surface area contributed by atoms with E-state index in [4.69, 9.17) is 104 Å². The van der Waals surface area contributed by atoms with Crippen LogP contribution in [0.15, 0.2) is 106 Å². The summed E-state index contributed by atoms with van der Waals surface area (Å²) in [5.41, 5.74) is 33.1. The summed E-state index contributed by atoms with van der Waals surface area (Å²) < 4.78 is 117. The zero-order valence-electron chi connectivity index (χ0n) is 69.3. The van der Waals surface area contributed by atoms with Crippen LogP contribution in [0.3, 0.4) is 0 Å². The molecule has 6 aliphatic heterocycles. The Bertz CT molecular complexity index is 3840. The Labute approximate surface area is 685 Å². The zero-order chi connectivity index (χ0) is 86.3. The third-order valence-corrected chi connectivity index (χ3v) is 21.9. The second-order valence-electron chi connectivity index (χ2n) is 30.0. The Morgan fingerprint density at radius 2 is 0.771 bits per heavy atom. The first-order valence-corrected chi connectivity index (χ1v) is 39.9. The molecule has 6 saturated heterocycles. The van der Waals surface area contributed by atoms with Crippen molar-refractivity contribution >= 4 is 42.3 Å². The zero-order valence-corrected chi connectivity index (χ0v) is 69.3. The molecular formula is C81H112N10O27. The van der Waals surface area contributed by atoms with Gasteiger partial charge in [0.25, 0.3) is 0 Å². The van der Waals surface area contributed by atoms with Crippen molar-refractivity contribution in [2.45, 2.75) is 310 Å². The van der Waals surface area contributed by atoms with Gasteiger partial charge in [-0.25, -0.2) is 4.79 Å². The molecule has 6 fully saturated rings. The number of carbonyl (C=O) groups excluding carboxylic acids is 9. The molecule has 118 heavy (non-hydrogen) atoms. The molecule has 9 rings (SSSR count). The largest absolute Gasteiger partial charge is 0.457 e. The summed E-state index contributed by atoms with van der Waals surface area (Å²) in [6.07, 6.45) is -18.4. The van der Waals surface area contributed by atoms with Gasteiger partial charge in [-0.2, -0.15) is 19.2 Å². The van der Waals surface area contributed by atoms with Crippen LogP contribution in [-0.2, 0) is 143 Å². The van der Waals surface area contributed by atoms with Gasteiger partial charge in [-0.1, -0.05) is 169 Å². The normalized spacial score (nSPS) is 34.2. The Morgan fingerprint density at radius 3 is 1.22 bits per heavy atom. The van der Waals surface area contributed by atoms with Crippen molar-refractivity contribution < 1.29 is 128 Å². The van der Waals surface area contributed by atoms with Crippen LogP contribution in [0.2, 0.25) is 0 Å². The summed E-state index contributed by atoms with van der Waals surface area (Å²) in [6.45, 7) is 26.4. The Hall–Kier alpha value is -9.02. The second kappa shape index (κ2) is 48.3. The number of amides is 1. The minimum absolute atomic E-state index is 0.0146. The molecule has 12 unspecified atom stereocenters. The van der Waals surface area contributed by atoms with Crippen molar-refractivity contribution in [2.24, 2.45) is 50.9 Å². The average molecular weight is 1660 g/mol. The molecule has 0 radical (unpaired) electrons. The molecule has 0 spiro atoms. The van der Waals surface area contributed by atoms with Gasteiger partial charge in [-0.15, -0.1) is 0 Å². The predicted octanol–water partition coefficient (Wildman–Crippen LogP) is 12.1. The van der Waals surface area contributed by atoms with Crippen LogP contribution < -0.4 is 0 Å². The fourth-order valence-electron chi connectivity index (χ4n) is 15.7. The summed E-state index contributed by atoms with van der Waals surface area (Å²) in [6, 6.07) is 25.5. The van der Waals surface area contributed by atoms with Gasteiger partial charge in [-0.05, 0) is 103 Å². The van der Waals surface area contributed by atoms with Crippen molar-refractivity contribution in [1.82, 2.24) is 4.90 Å². The van der Waals surface area contributed by atoms with Crippen molar-refractivity contribution in [3.63, 3.8) is 0 Å². The number of azide groups is 3. The van der Waals surface area contributed by atoms with Gasteiger partial charge in [0.1, 0.15) is 18.8 Å². The molecule has 0 aromatic heterocycles. The summed E-state index contributed by atoms with van der Waals surface area (Å²) in [7, 11) is 0. The van der Waals surface area contributed by atoms with E-state index in [2.05, 4.69) is 30.1 Å². The molecule has 37 nitrogen and oxygen atoms in total. The van der Waals surface area contributed by atoms with E-state index in [0.717, 1.165) is 16.7 Å². The van der Waals surface area contributed by atoms with E-state index < -0.39 is 213 Å². The topological polar surface area (TPSA) is 469 Å². The number of benzene rings is 3. The molecule has 0 saturated carbocycles. The van der Waals surface area contributed by atoms with Crippen LogP contribution in [0.1, 0.15) is 159 Å². The number of hydrogen-bond donors (Lipinski definition) is 0. The minimum atomic E-state index is -1.40. The van der Waals surface area contributed by atoms with E-state index in [-0.39, 0.29) is 32.1 Å². The van der Waals surface area contributed by atoms with Crippen molar-refractivity contribution in [2.75, 3.05) is 13.2 Å². The van der Waals surface area contributed by atoms with E-state index in [1.165, 1.54) is 27.7 Å². The van der Waals surface area contributed by atoms with Gasteiger partial charge in [0.2, 0.25) is 6.29 Å². The maximum absolute atomic E-state index is 13.5. The molecule has 648 valence electrons. The van der Waals surface area contributed by atoms with Crippen molar-refractivity contribution in [3.05, 3.63) is 139 Å². The van der Waals surface area contributed by atoms with Gasteiger partial charge in [0.05, 0.1) is 79.7 Å². The molecule has 6 aliphatic rings. The Kier molecular flexibility index (Phi) is 39.3. The summed E-state index contributed by atoms with van der Waals surface area (Å²) in [5.74, 6) is -5.91. The van der Waals surface area contributed by atoms with Gasteiger partial charge in [0.15, 0.2) is 56.1 Å². The first-order valence-electron chi connectivity index (χ1n) is 39.9. The lowest BCUT2D eigenvalue weighted by atomic mass is 9.85. The summed E-state index contributed by atoms with van der Waals surface area (Å²) >= 11 is 0. The monoisotopic (exact) mass is 1660 g/mol. The third kappa shape index (κ3) is 26.5. The lowest BCUT2D eigenvalue weighted by Crippen LogP contribution is -2.65. The predicted molar refractivity (Wildman–Crippen MR) is 409 cm³/mol. The van der Waals surface area contributed by atoms with E-state index in [1.807, 2.05) is 146 Å². The number of esters is 4. The van der Waals surface area contributed by atoms with Gasteiger partial charge >= 0.3 is 42.3 Å². The lowest BCUT2D eigenvalue weighted by molar-refractivity contribution is -0.376. The first-order chi connectivity index (χ1) is 56.6. The van der Waals surface area contributed by atoms with E-state index in [0.29, 0.717) is 51.6 Å². The van der Waals surface area contributed by atoms with Crippen molar-refractivity contribution in [3.8, 4) is 0 Å². The third-order valence-electron chi connectivity index (χ3n) is 21.9. The standard InChI is InChI=1S/C79H112N10O23.2CO2/c1-16-57-64(44(6)60(83-86-80)73(104-57)95-38-30-22-29-37-89(39-54-31-23-19-24-32-54)79(94)97-41-56-35-27-21-28-36-56)108-76-68(101-51(13)91)47(9)63(48(10)98-76)107-74-61(84-87-81)45(7)66(59(18-3)105-74)110-78-71(102-52(14)92)70(96-40-55-33-25-20-26-34-55)69(49(11)99-78)111-75-62(85-88-82)46(8)65(58(17-2)106-75)109-77-67(100-50(12)90)42(4)43(5)72(112-77)103-53(15)93;2*2-1-3/h19-21,23-28,31-36,42-49,57-78H,16-18,22,29-30,37-41H2,1-15H3;;/t42?,43-,44?,45+,46?,47?,48-,49?,57-,58-,59?,60?,61?,62?,63-,64-,65-,66-,67?,68?,69+,70+,71?,72+,73-,74+,75+,76-,77+,78-;;/m0../s1. The van der Waals surface area contributed by atoms with Crippen LogP contribution in [0.4, 0.5) is 4.79 Å². The minimum Gasteiger partial charge on any atom is -0.457 e. The number of unbranched alkanes of at least 4 members (excludes halogenated alkanes) is 2. The molecule has 0 bridgehead atoms. The highest BCUT2D eigenvalue weighted by atomic mass is 16.8. The quantitative estimate of drug-likeness (QED) is 0.0134. The highest BCUT2D eigenvalue weighted by Crippen LogP contribution is 2.45. The molecular weight excluding hydrogens is 1540 g/mol. The first kappa shape index (κ1) is 96.1. The molecule has 6 heterocycles. The maximum atomic E-state index is 13.5. The van der Waals surface area contributed by atoms with Gasteiger partial charge in [0, 0.05) is 79.9 Å². The number of nitrogens with zero attached hydrogens (tertiary/aromatic N) is 10. The second-order valence-corrected chi connectivity index (χ2v) is 30.0. The van der Waals surface area contributed by atoms with Crippen LogP contribution in [0.5, 0.6) is 0 Å². The lowest BCUT2D eigenvalue weighted by Gasteiger charge is -2.52. The van der Waals surface area contributed by atoms with Gasteiger partial charge < -0.3 is 90.2 Å². The van der Waals surface area contributed by atoms with E-state index in [1.54, 1.807) is 25.7 Å². The Morgan fingerprint density at radius 1 is 0.390 bits per heavy atom. The Balaban J connectivity index is 0.00000311. The molecule has 37 heteroatoms. The van der Waals surface area contributed by atoms with E-state index in [9.17, 15) is 40.6 Å². The summed E-state index contributed by atoms with van der Waals surface area (Å²) in [5, 5.41) is 12.6.